The fourth-order valence-corrected chi connectivity index (χ4v) is 2.66. The van der Waals surface area contributed by atoms with Crippen molar-refractivity contribution < 1.29 is 9.90 Å². The summed E-state index contributed by atoms with van der Waals surface area (Å²) in [7, 11) is 0. The monoisotopic (exact) mass is 254 g/mol. The summed E-state index contributed by atoms with van der Waals surface area (Å²) >= 11 is 1.54. The Morgan fingerprint density at radius 1 is 1.59 bits per heavy atom. The van der Waals surface area contributed by atoms with Crippen LogP contribution in [0.15, 0.2) is 12.1 Å². The number of aliphatic hydroxyl groups is 1. The molecule has 1 aliphatic carbocycles. The van der Waals surface area contributed by atoms with E-state index in [1.807, 2.05) is 26.0 Å². The second-order valence-electron chi connectivity index (χ2n) is 4.84. The number of thiophene rings is 1. The molecule has 1 aliphatic rings. The van der Waals surface area contributed by atoms with Gasteiger partial charge in [0.1, 0.15) is 0 Å². The van der Waals surface area contributed by atoms with Crippen molar-refractivity contribution in [1.29, 1.82) is 0 Å². The Kier molecular flexibility index (Phi) is 3.40. The summed E-state index contributed by atoms with van der Waals surface area (Å²) in [6.45, 7) is 3.87. The minimum atomic E-state index is -0.490. The van der Waals surface area contributed by atoms with Crippen molar-refractivity contribution in [3.8, 4) is 0 Å². The number of aliphatic hydroxyl groups excluding tert-OH is 1. The number of hydrogen-bond acceptors (Lipinski definition) is 3. The van der Waals surface area contributed by atoms with Crippen molar-refractivity contribution in [3.63, 3.8) is 0 Å². The van der Waals surface area contributed by atoms with Crippen LogP contribution in [-0.4, -0.2) is 23.3 Å². The molecule has 1 heterocycles. The van der Waals surface area contributed by atoms with Crippen LogP contribution in [0.2, 0.25) is 0 Å². The molecule has 1 aromatic heterocycles. The van der Waals surface area contributed by atoms with E-state index in [2.05, 4.69) is 10.6 Å². The second kappa shape index (κ2) is 4.66. The zero-order chi connectivity index (χ0) is 12.5. The smallest absolute Gasteiger partial charge is 0.320 e. The second-order valence-corrected chi connectivity index (χ2v) is 6.13. The average molecular weight is 254 g/mol. The lowest BCUT2D eigenvalue weighted by Gasteiger charge is -2.28. The van der Waals surface area contributed by atoms with Gasteiger partial charge in [0.15, 0.2) is 0 Å². The topological polar surface area (TPSA) is 61.4 Å². The van der Waals surface area contributed by atoms with Gasteiger partial charge in [-0.15, -0.1) is 11.3 Å². The lowest BCUT2D eigenvalue weighted by atomic mass is 9.97. The third kappa shape index (κ3) is 2.98. The van der Waals surface area contributed by atoms with E-state index in [0.717, 1.165) is 22.7 Å². The highest BCUT2D eigenvalue weighted by Crippen LogP contribution is 2.39. The zero-order valence-corrected chi connectivity index (χ0v) is 10.9. The molecular weight excluding hydrogens is 236 g/mol. The summed E-state index contributed by atoms with van der Waals surface area (Å²) in [4.78, 5) is 13.0. The largest absolute Gasteiger partial charge is 0.394 e. The molecule has 0 radical (unpaired) electrons. The van der Waals surface area contributed by atoms with E-state index >= 15 is 0 Å². The van der Waals surface area contributed by atoms with Gasteiger partial charge in [-0.2, -0.15) is 0 Å². The Morgan fingerprint density at radius 3 is 2.76 bits per heavy atom. The molecule has 0 aromatic carbocycles. The molecule has 94 valence electrons. The molecule has 1 unspecified atom stereocenters. The normalized spacial score (nSPS) is 18.5. The van der Waals surface area contributed by atoms with Crippen LogP contribution in [0.1, 0.15) is 24.6 Å². The summed E-state index contributed by atoms with van der Waals surface area (Å²) in [6, 6.07) is 3.61. The lowest BCUT2D eigenvalue weighted by molar-refractivity contribution is 0.159. The van der Waals surface area contributed by atoms with E-state index < -0.39 is 5.54 Å². The number of carbonyl (C=O) groups excluding carboxylic acids is 1. The van der Waals surface area contributed by atoms with Gasteiger partial charge >= 0.3 is 6.03 Å². The summed E-state index contributed by atoms with van der Waals surface area (Å²) in [5.41, 5.74) is -0.490. The molecule has 2 rings (SSSR count). The molecule has 0 bridgehead atoms. The first-order chi connectivity index (χ1) is 8.03. The van der Waals surface area contributed by atoms with Crippen LogP contribution >= 0.6 is 11.3 Å². The number of aryl methyl sites for hydroxylation is 1. The number of amides is 2. The maximum atomic E-state index is 11.8. The predicted molar refractivity (Wildman–Crippen MR) is 69.4 cm³/mol. The number of urea groups is 1. The molecule has 1 saturated carbocycles. The van der Waals surface area contributed by atoms with Gasteiger partial charge in [0, 0.05) is 4.88 Å². The predicted octanol–water partition coefficient (Wildman–Crippen LogP) is 2.34. The summed E-state index contributed by atoms with van der Waals surface area (Å²) in [6.07, 6.45) is 2.16. The number of rotatable bonds is 4. The number of hydrogen-bond donors (Lipinski definition) is 3. The molecule has 2 amide bonds. The van der Waals surface area contributed by atoms with Crippen molar-refractivity contribution in [2.75, 3.05) is 11.9 Å². The van der Waals surface area contributed by atoms with Crippen molar-refractivity contribution in [2.45, 2.75) is 32.2 Å². The molecule has 5 heteroatoms. The quantitative estimate of drug-likeness (QED) is 0.772. The summed E-state index contributed by atoms with van der Waals surface area (Å²) in [5, 5.41) is 15.9. The number of nitrogens with one attached hydrogen (secondary N) is 2. The van der Waals surface area contributed by atoms with Gasteiger partial charge in [-0.05, 0) is 44.7 Å². The SMILES string of the molecule is Cc1ccc(NC(=O)NC(C)(CO)C2CC2)s1. The minimum Gasteiger partial charge on any atom is -0.394 e. The Balaban J connectivity index is 1.92. The highest BCUT2D eigenvalue weighted by molar-refractivity contribution is 7.16. The van der Waals surface area contributed by atoms with Gasteiger partial charge in [0.05, 0.1) is 17.1 Å². The average Bonchev–Trinajstić information content (AvgIpc) is 3.04. The Bertz CT molecular complexity index is 414. The molecule has 1 aromatic rings. The molecule has 0 spiro atoms. The van der Waals surface area contributed by atoms with Crippen LogP contribution in [0.25, 0.3) is 0 Å². The Hall–Kier alpha value is -1.07. The third-order valence-corrected chi connectivity index (χ3v) is 4.10. The summed E-state index contributed by atoms with van der Waals surface area (Å²) < 4.78 is 0. The first kappa shape index (κ1) is 12.4. The van der Waals surface area contributed by atoms with Crippen molar-refractivity contribution in [2.24, 2.45) is 5.92 Å². The van der Waals surface area contributed by atoms with Crippen LogP contribution in [-0.2, 0) is 0 Å². The van der Waals surface area contributed by atoms with Gasteiger partial charge in [-0.1, -0.05) is 0 Å². The fraction of sp³-hybridized carbons (Fsp3) is 0.583. The van der Waals surface area contributed by atoms with E-state index in [-0.39, 0.29) is 12.6 Å². The van der Waals surface area contributed by atoms with Crippen molar-refractivity contribution in [1.82, 2.24) is 5.32 Å². The van der Waals surface area contributed by atoms with Crippen LogP contribution < -0.4 is 10.6 Å². The van der Waals surface area contributed by atoms with Crippen LogP contribution in [0.5, 0.6) is 0 Å². The molecular formula is C12H18N2O2S. The lowest BCUT2D eigenvalue weighted by Crippen LogP contribution is -2.52. The number of anilines is 1. The molecule has 3 N–H and O–H groups in total. The number of carbonyl (C=O) groups is 1. The van der Waals surface area contributed by atoms with Gasteiger partial charge in [0.25, 0.3) is 0 Å². The molecule has 0 saturated heterocycles. The fourth-order valence-electron chi connectivity index (χ4n) is 1.90. The standard InChI is InChI=1S/C12H18N2O2S/c1-8-3-6-10(17-8)13-11(16)14-12(2,7-15)9-4-5-9/h3,6,9,15H,4-5,7H2,1-2H3,(H2,13,14,16). The van der Waals surface area contributed by atoms with Gasteiger partial charge in [-0.3, -0.25) is 5.32 Å². The van der Waals surface area contributed by atoms with E-state index in [1.165, 1.54) is 11.3 Å². The molecule has 1 fully saturated rings. The molecule has 17 heavy (non-hydrogen) atoms. The highest BCUT2D eigenvalue weighted by Gasteiger charge is 2.42. The molecule has 1 atom stereocenters. The van der Waals surface area contributed by atoms with Crippen molar-refractivity contribution in [3.05, 3.63) is 17.0 Å². The minimum absolute atomic E-state index is 0.0193. The van der Waals surface area contributed by atoms with Crippen LogP contribution in [0, 0.1) is 12.8 Å². The van der Waals surface area contributed by atoms with Gasteiger partial charge < -0.3 is 10.4 Å². The van der Waals surface area contributed by atoms with E-state index in [9.17, 15) is 9.90 Å². The molecule has 0 aliphatic heterocycles. The maximum absolute atomic E-state index is 11.8. The maximum Gasteiger partial charge on any atom is 0.320 e. The third-order valence-electron chi connectivity index (χ3n) is 3.18. The first-order valence-electron chi connectivity index (χ1n) is 5.80. The highest BCUT2D eigenvalue weighted by atomic mass is 32.1. The molecule has 4 nitrogen and oxygen atoms in total. The Labute approximate surface area is 105 Å². The van der Waals surface area contributed by atoms with Gasteiger partial charge in [-0.25, -0.2) is 4.79 Å². The first-order valence-corrected chi connectivity index (χ1v) is 6.61. The van der Waals surface area contributed by atoms with E-state index in [0.29, 0.717) is 5.92 Å². The van der Waals surface area contributed by atoms with Crippen molar-refractivity contribution >= 4 is 22.4 Å². The van der Waals surface area contributed by atoms with E-state index in [4.69, 9.17) is 0 Å². The van der Waals surface area contributed by atoms with Gasteiger partial charge in [0.2, 0.25) is 0 Å². The van der Waals surface area contributed by atoms with Crippen LogP contribution in [0.4, 0.5) is 9.80 Å². The zero-order valence-electron chi connectivity index (χ0n) is 10.1. The van der Waals surface area contributed by atoms with E-state index in [1.54, 1.807) is 0 Å². The van der Waals surface area contributed by atoms with Crippen LogP contribution in [0.3, 0.4) is 0 Å². The summed E-state index contributed by atoms with van der Waals surface area (Å²) in [5.74, 6) is 0.406. The Morgan fingerprint density at radius 2 is 2.29 bits per heavy atom.